The number of nitrogens with one attached hydrogen (secondary N) is 2. The van der Waals surface area contributed by atoms with E-state index in [1.54, 1.807) is 7.05 Å². The summed E-state index contributed by atoms with van der Waals surface area (Å²) in [6, 6.07) is 3.21. The summed E-state index contributed by atoms with van der Waals surface area (Å²) < 4.78 is 38.9. The summed E-state index contributed by atoms with van der Waals surface area (Å²) in [5.74, 6) is -0.673. The van der Waals surface area contributed by atoms with Gasteiger partial charge in [-0.2, -0.15) is 0 Å². The molecule has 0 saturated carbocycles. The number of hydrogen-bond acceptors (Lipinski definition) is 3. The molecular weight excluding hydrogens is 267 g/mol. The van der Waals surface area contributed by atoms with E-state index in [1.165, 1.54) is 6.07 Å². The first-order valence-electron chi connectivity index (χ1n) is 5.06. The summed E-state index contributed by atoms with van der Waals surface area (Å²) in [6.07, 6.45) is 0.652. The fourth-order valence-electron chi connectivity index (χ4n) is 1.24. The Morgan fingerprint density at radius 3 is 2.59 bits per heavy atom. The molecule has 0 aliphatic carbocycles. The second-order valence-corrected chi connectivity index (χ2v) is 5.66. The zero-order valence-corrected chi connectivity index (χ0v) is 10.9. The van der Waals surface area contributed by atoms with E-state index in [-0.39, 0.29) is 16.5 Å². The van der Waals surface area contributed by atoms with Gasteiger partial charge in [0.1, 0.15) is 5.82 Å². The highest BCUT2D eigenvalue weighted by Gasteiger charge is 2.14. The summed E-state index contributed by atoms with van der Waals surface area (Å²) in [4.78, 5) is -0.160. The van der Waals surface area contributed by atoms with Crippen LogP contribution in [0.4, 0.5) is 4.39 Å². The molecule has 0 fully saturated rings. The first-order valence-corrected chi connectivity index (χ1v) is 6.92. The topological polar surface area (TPSA) is 58.2 Å². The van der Waals surface area contributed by atoms with Gasteiger partial charge >= 0.3 is 0 Å². The molecule has 0 atom stereocenters. The van der Waals surface area contributed by atoms with Gasteiger partial charge in [-0.05, 0) is 38.2 Å². The summed E-state index contributed by atoms with van der Waals surface area (Å²) in [5, 5.41) is 2.95. The molecule has 0 amide bonds. The van der Waals surface area contributed by atoms with Crippen LogP contribution in [0, 0.1) is 5.82 Å². The molecule has 1 aromatic carbocycles. The van der Waals surface area contributed by atoms with Crippen LogP contribution in [0.2, 0.25) is 5.02 Å². The summed E-state index contributed by atoms with van der Waals surface area (Å²) in [5.41, 5.74) is 0. The van der Waals surface area contributed by atoms with Crippen molar-refractivity contribution in [2.24, 2.45) is 0 Å². The Hall–Kier alpha value is -0.690. The molecule has 0 unspecified atom stereocenters. The molecule has 0 saturated heterocycles. The van der Waals surface area contributed by atoms with Gasteiger partial charge in [0.25, 0.3) is 0 Å². The average molecular weight is 281 g/mol. The monoisotopic (exact) mass is 280 g/mol. The maximum Gasteiger partial charge on any atom is 0.240 e. The van der Waals surface area contributed by atoms with E-state index in [9.17, 15) is 12.8 Å². The van der Waals surface area contributed by atoms with E-state index in [0.717, 1.165) is 12.1 Å². The zero-order chi connectivity index (χ0) is 12.9. The molecule has 0 aromatic heterocycles. The zero-order valence-electron chi connectivity index (χ0n) is 9.33. The largest absolute Gasteiger partial charge is 0.320 e. The van der Waals surface area contributed by atoms with Crippen molar-refractivity contribution in [1.82, 2.24) is 10.0 Å². The molecule has 0 bridgehead atoms. The van der Waals surface area contributed by atoms with E-state index < -0.39 is 15.8 Å². The molecule has 2 N–H and O–H groups in total. The third-order valence-electron chi connectivity index (χ3n) is 2.04. The summed E-state index contributed by atoms with van der Waals surface area (Å²) >= 11 is 5.60. The Labute approximate surface area is 105 Å². The number of benzene rings is 1. The molecule has 1 aromatic rings. The minimum Gasteiger partial charge on any atom is -0.320 e. The van der Waals surface area contributed by atoms with Gasteiger partial charge in [-0.1, -0.05) is 11.6 Å². The first-order chi connectivity index (χ1) is 7.95. The van der Waals surface area contributed by atoms with Gasteiger partial charge in [0.15, 0.2) is 0 Å². The number of halogens is 2. The lowest BCUT2D eigenvalue weighted by atomic mass is 10.3. The highest BCUT2D eigenvalue weighted by molar-refractivity contribution is 7.89. The highest BCUT2D eigenvalue weighted by Crippen LogP contribution is 2.17. The van der Waals surface area contributed by atoms with Crippen LogP contribution >= 0.6 is 11.6 Å². The van der Waals surface area contributed by atoms with Crippen molar-refractivity contribution in [3.63, 3.8) is 0 Å². The fraction of sp³-hybridized carbons (Fsp3) is 0.400. The van der Waals surface area contributed by atoms with Crippen LogP contribution in [0.15, 0.2) is 23.1 Å². The van der Waals surface area contributed by atoms with Crippen LogP contribution in [-0.4, -0.2) is 28.6 Å². The van der Waals surface area contributed by atoms with E-state index in [0.29, 0.717) is 13.0 Å². The van der Waals surface area contributed by atoms with E-state index in [2.05, 4.69) is 10.0 Å². The molecular formula is C10H14ClFN2O2S. The van der Waals surface area contributed by atoms with Crippen LogP contribution in [-0.2, 0) is 10.0 Å². The molecule has 0 radical (unpaired) electrons. The Bertz CT molecular complexity index is 459. The Balaban J connectivity index is 2.75. The molecule has 0 aliphatic heterocycles. The summed E-state index contributed by atoms with van der Waals surface area (Å²) in [6.45, 7) is 0.990. The predicted molar refractivity (Wildman–Crippen MR) is 65.1 cm³/mol. The van der Waals surface area contributed by atoms with Gasteiger partial charge in [0.2, 0.25) is 10.0 Å². The molecule has 0 aliphatic rings. The van der Waals surface area contributed by atoms with Gasteiger partial charge in [-0.25, -0.2) is 17.5 Å². The van der Waals surface area contributed by atoms with Gasteiger partial charge in [0.05, 0.1) is 4.90 Å². The third kappa shape index (κ3) is 4.59. The lowest BCUT2D eigenvalue weighted by molar-refractivity contribution is 0.573. The Morgan fingerprint density at radius 1 is 1.29 bits per heavy atom. The van der Waals surface area contributed by atoms with E-state index in [1.807, 2.05) is 0 Å². The molecule has 0 spiro atoms. The van der Waals surface area contributed by atoms with Crippen LogP contribution in [0.25, 0.3) is 0 Å². The lowest BCUT2D eigenvalue weighted by Gasteiger charge is -2.07. The number of rotatable bonds is 6. The lowest BCUT2D eigenvalue weighted by Crippen LogP contribution is -2.26. The highest BCUT2D eigenvalue weighted by atomic mass is 35.5. The minimum absolute atomic E-state index is 0.0561. The fourth-order valence-corrected chi connectivity index (χ4v) is 2.65. The second-order valence-electron chi connectivity index (χ2n) is 3.46. The van der Waals surface area contributed by atoms with E-state index in [4.69, 9.17) is 11.6 Å². The van der Waals surface area contributed by atoms with E-state index >= 15 is 0 Å². The standard InChI is InChI=1S/C10H14ClFN2O2S/c1-13-3-2-4-14-17(15,16)10-6-8(11)5-9(12)7-10/h5-7,13-14H,2-4H2,1H3. The van der Waals surface area contributed by atoms with Crippen LogP contribution < -0.4 is 10.0 Å². The Kier molecular flexibility index (Phi) is 5.32. The molecule has 4 nitrogen and oxygen atoms in total. The quantitative estimate of drug-likeness (QED) is 0.774. The molecule has 1 rings (SSSR count). The van der Waals surface area contributed by atoms with Gasteiger partial charge in [0, 0.05) is 11.6 Å². The van der Waals surface area contributed by atoms with Gasteiger partial charge in [-0.3, -0.25) is 0 Å². The van der Waals surface area contributed by atoms with Crippen LogP contribution in [0.1, 0.15) is 6.42 Å². The molecule has 7 heteroatoms. The van der Waals surface area contributed by atoms with Crippen molar-refractivity contribution < 1.29 is 12.8 Å². The smallest absolute Gasteiger partial charge is 0.240 e. The van der Waals surface area contributed by atoms with Gasteiger partial charge < -0.3 is 5.32 Å². The van der Waals surface area contributed by atoms with Gasteiger partial charge in [-0.15, -0.1) is 0 Å². The summed E-state index contributed by atoms with van der Waals surface area (Å²) in [7, 11) is -1.91. The van der Waals surface area contributed by atoms with Crippen LogP contribution in [0.3, 0.4) is 0 Å². The molecule has 96 valence electrons. The van der Waals surface area contributed by atoms with Crippen molar-refractivity contribution in [1.29, 1.82) is 0 Å². The molecule has 17 heavy (non-hydrogen) atoms. The second kappa shape index (κ2) is 6.30. The molecule has 0 heterocycles. The SMILES string of the molecule is CNCCCNS(=O)(=O)c1cc(F)cc(Cl)c1. The maximum absolute atomic E-state index is 13.0. The minimum atomic E-state index is -3.69. The third-order valence-corrected chi connectivity index (χ3v) is 3.70. The Morgan fingerprint density at radius 2 is 2.00 bits per heavy atom. The van der Waals surface area contributed by atoms with Crippen LogP contribution in [0.5, 0.6) is 0 Å². The number of sulfonamides is 1. The predicted octanol–water partition coefficient (Wildman–Crippen LogP) is 1.37. The normalized spacial score (nSPS) is 11.7. The first kappa shape index (κ1) is 14.4. The average Bonchev–Trinajstić information content (AvgIpc) is 2.23. The van der Waals surface area contributed by atoms with Crippen molar-refractivity contribution in [2.45, 2.75) is 11.3 Å². The van der Waals surface area contributed by atoms with Crippen molar-refractivity contribution >= 4 is 21.6 Å². The van der Waals surface area contributed by atoms with Crippen molar-refractivity contribution in [3.05, 3.63) is 29.0 Å². The maximum atomic E-state index is 13.0. The van der Waals surface area contributed by atoms with Crippen molar-refractivity contribution in [3.8, 4) is 0 Å². The van der Waals surface area contributed by atoms with Crippen molar-refractivity contribution in [2.75, 3.05) is 20.1 Å². The number of hydrogen-bond donors (Lipinski definition) is 2.